The van der Waals surface area contributed by atoms with Crippen molar-refractivity contribution in [3.8, 4) is 0 Å². The Morgan fingerprint density at radius 1 is 0.966 bits per heavy atom. The lowest BCUT2D eigenvalue weighted by Gasteiger charge is -2.30. The van der Waals surface area contributed by atoms with Gasteiger partial charge in [0.25, 0.3) is 0 Å². The van der Waals surface area contributed by atoms with Crippen LogP contribution >= 0.6 is 23.4 Å². The van der Waals surface area contributed by atoms with E-state index < -0.39 is 5.60 Å². The van der Waals surface area contributed by atoms with Crippen molar-refractivity contribution in [3.63, 3.8) is 0 Å². The van der Waals surface area contributed by atoms with Gasteiger partial charge >= 0.3 is 0 Å². The van der Waals surface area contributed by atoms with Crippen LogP contribution in [0, 0.1) is 5.92 Å². The molecule has 1 fully saturated rings. The Bertz CT molecular complexity index is 1050. The maximum absolute atomic E-state index is 12.0. The summed E-state index contributed by atoms with van der Waals surface area (Å²) in [5.41, 5.74) is 3.69. The van der Waals surface area contributed by atoms with Crippen molar-refractivity contribution in [3.05, 3.63) is 106 Å². The van der Waals surface area contributed by atoms with E-state index in [0.29, 0.717) is 6.54 Å². The maximum Gasteiger partial charge on any atom is 0.112 e. The first kappa shape index (κ1) is 18.9. The fraction of sp³-hybridized carbons (Fsp3) is 0.240. The molecule has 0 radical (unpaired) electrons. The van der Waals surface area contributed by atoms with Crippen molar-refractivity contribution in [1.29, 1.82) is 0 Å². The highest BCUT2D eigenvalue weighted by atomic mass is 35.5. The highest BCUT2D eigenvalue weighted by Crippen LogP contribution is 2.56. The number of fused-ring (bicyclic) bond motifs is 3. The van der Waals surface area contributed by atoms with Crippen LogP contribution in [0.4, 0.5) is 0 Å². The maximum atomic E-state index is 12.0. The van der Waals surface area contributed by atoms with Gasteiger partial charge in [0, 0.05) is 16.2 Å². The zero-order chi connectivity index (χ0) is 19.8. The van der Waals surface area contributed by atoms with E-state index >= 15 is 0 Å². The summed E-state index contributed by atoms with van der Waals surface area (Å²) in [6, 6.07) is 26.6. The number of aliphatic imine (C=N–C) groups is 1. The third-order valence-corrected chi connectivity index (χ3v) is 7.73. The Morgan fingerprint density at radius 2 is 1.66 bits per heavy atom. The van der Waals surface area contributed by atoms with Gasteiger partial charge in [-0.3, -0.25) is 4.99 Å². The van der Waals surface area contributed by atoms with Crippen molar-refractivity contribution in [2.24, 2.45) is 10.9 Å². The van der Waals surface area contributed by atoms with Crippen LogP contribution in [0.15, 0.2) is 83.9 Å². The summed E-state index contributed by atoms with van der Waals surface area (Å²) in [5.74, 6) is -0.0500. The van der Waals surface area contributed by atoms with Gasteiger partial charge in [-0.25, -0.2) is 0 Å². The molecule has 1 heterocycles. The zero-order valence-corrected chi connectivity index (χ0v) is 17.5. The average Bonchev–Trinajstić information content (AvgIpc) is 3.16. The first-order chi connectivity index (χ1) is 14.1. The topological polar surface area (TPSA) is 32.6 Å². The first-order valence-corrected chi connectivity index (χ1v) is 11.2. The second-order valence-electron chi connectivity index (χ2n) is 7.82. The highest BCUT2D eigenvalue weighted by Gasteiger charge is 2.58. The fourth-order valence-electron chi connectivity index (χ4n) is 4.60. The van der Waals surface area contributed by atoms with Crippen LogP contribution in [-0.2, 0) is 25.0 Å². The molecule has 1 N–H and O–H groups in total. The molecule has 1 aliphatic carbocycles. The third kappa shape index (κ3) is 3.42. The summed E-state index contributed by atoms with van der Waals surface area (Å²) < 4.78 is 0. The molecule has 0 saturated carbocycles. The molecule has 2 aliphatic rings. The number of hydrogen-bond acceptors (Lipinski definition) is 3. The summed E-state index contributed by atoms with van der Waals surface area (Å²) in [4.78, 5) is 4.98. The Labute approximate surface area is 180 Å². The summed E-state index contributed by atoms with van der Waals surface area (Å²) >= 11 is 7.97. The summed E-state index contributed by atoms with van der Waals surface area (Å²) in [6.45, 7) is 0.644. The fourth-order valence-corrected chi connectivity index (χ4v) is 6.39. The third-order valence-electron chi connectivity index (χ3n) is 6.03. The molecule has 3 aromatic rings. The van der Waals surface area contributed by atoms with Crippen LogP contribution in [0.2, 0.25) is 5.02 Å². The van der Waals surface area contributed by atoms with Crippen LogP contribution in [0.25, 0.3) is 0 Å². The van der Waals surface area contributed by atoms with Crippen LogP contribution < -0.4 is 0 Å². The first-order valence-electron chi connectivity index (χ1n) is 9.94. The van der Waals surface area contributed by atoms with Crippen LogP contribution in [-0.4, -0.2) is 15.4 Å². The van der Waals surface area contributed by atoms with Gasteiger partial charge in [0.05, 0.1) is 11.6 Å². The number of benzene rings is 3. The molecule has 29 heavy (non-hydrogen) atoms. The minimum atomic E-state index is -0.907. The van der Waals surface area contributed by atoms with E-state index in [1.54, 1.807) is 11.8 Å². The molecular weight excluding hydrogens is 398 g/mol. The van der Waals surface area contributed by atoms with Gasteiger partial charge in [-0.1, -0.05) is 78.3 Å². The Morgan fingerprint density at radius 3 is 2.38 bits per heavy atom. The van der Waals surface area contributed by atoms with Crippen molar-refractivity contribution in [2.75, 3.05) is 0 Å². The van der Waals surface area contributed by atoms with Gasteiger partial charge in [-0.05, 0) is 47.2 Å². The molecule has 1 aliphatic heterocycles. The molecule has 0 spiro atoms. The zero-order valence-electron chi connectivity index (χ0n) is 16.0. The van der Waals surface area contributed by atoms with E-state index in [1.807, 2.05) is 42.5 Å². The molecule has 3 aromatic carbocycles. The Hall–Kier alpha value is -2.07. The van der Waals surface area contributed by atoms with Gasteiger partial charge in [-0.2, -0.15) is 0 Å². The number of hydrogen-bond donors (Lipinski definition) is 1. The molecular formula is C25H22ClNOS. The molecule has 5 rings (SSSR count). The second kappa shape index (κ2) is 7.64. The molecule has 1 saturated heterocycles. The predicted molar refractivity (Wildman–Crippen MR) is 122 cm³/mol. The van der Waals surface area contributed by atoms with E-state index in [0.717, 1.165) is 34.0 Å². The van der Waals surface area contributed by atoms with Crippen LogP contribution in [0.5, 0.6) is 0 Å². The lowest BCUT2D eigenvalue weighted by Crippen LogP contribution is -2.39. The smallest absolute Gasteiger partial charge is 0.112 e. The van der Waals surface area contributed by atoms with E-state index in [-0.39, 0.29) is 11.2 Å². The van der Waals surface area contributed by atoms with Gasteiger partial charge in [0.2, 0.25) is 0 Å². The summed E-state index contributed by atoms with van der Waals surface area (Å²) in [5, 5.41) is 13.9. The number of thioether (sulfide) groups is 1. The van der Waals surface area contributed by atoms with Crippen molar-refractivity contribution >= 4 is 28.4 Å². The number of rotatable bonds is 4. The van der Waals surface area contributed by atoms with E-state index in [2.05, 4.69) is 36.4 Å². The van der Waals surface area contributed by atoms with Crippen molar-refractivity contribution in [2.45, 2.75) is 30.2 Å². The predicted octanol–water partition coefficient (Wildman–Crippen LogP) is 5.66. The largest absolute Gasteiger partial charge is 0.383 e. The van der Waals surface area contributed by atoms with E-state index in [1.165, 1.54) is 11.1 Å². The molecule has 146 valence electrons. The quantitative estimate of drug-likeness (QED) is 0.592. The molecule has 2 nitrogen and oxygen atoms in total. The SMILES string of the molecule is OC12c3ccc(Cl)cc3CC1SC(=NCc1ccccc1)C2Cc1ccccc1. The van der Waals surface area contributed by atoms with E-state index in [9.17, 15) is 5.11 Å². The van der Waals surface area contributed by atoms with Gasteiger partial charge in [0.15, 0.2) is 0 Å². The normalized spacial score (nSPS) is 26.5. The van der Waals surface area contributed by atoms with Crippen LogP contribution in [0.3, 0.4) is 0 Å². The number of halogens is 1. The van der Waals surface area contributed by atoms with Gasteiger partial charge < -0.3 is 5.11 Å². The average molecular weight is 420 g/mol. The van der Waals surface area contributed by atoms with Gasteiger partial charge in [-0.15, -0.1) is 11.8 Å². The molecule has 4 heteroatoms. The number of nitrogens with zero attached hydrogens (tertiary/aromatic N) is 1. The van der Waals surface area contributed by atoms with Crippen LogP contribution in [0.1, 0.15) is 22.3 Å². The monoisotopic (exact) mass is 419 g/mol. The minimum Gasteiger partial charge on any atom is -0.383 e. The molecule has 0 aromatic heterocycles. The molecule has 0 amide bonds. The standard InChI is InChI=1S/C25H22ClNOS/c26-20-11-12-21-19(14-20)15-23-25(21,28)22(13-17-7-3-1-4-8-17)24(29-23)27-16-18-9-5-2-6-10-18/h1-12,14,22-23,28H,13,15-16H2. The highest BCUT2D eigenvalue weighted by molar-refractivity contribution is 8.15. The molecule has 3 atom stereocenters. The number of aliphatic hydroxyl groups is 1. The Kier molecular flexibility index (Phi) is 4.99. The summed E-state index contributed by atoms with van der Waals surface area (Å²) in [7, 11) is 0. The Balaban J connectivity index is 1.53. The van der Waals surface area contributed by atoms with Crippen molar-refractivity contribution < 1.29 is 5.11 Å². The van der Waals surface area contributed by atoms with Gasteiger partial charge in [0.1, 0.15) is 5.60 Å². The van der Waals surface area contributed by atoms with E-state index in [4.69, 9.17) is 16.6 Å². The lowest BCUT2D eigenvalue weighted by molar-refractivity contribution is 0.0152. The summed E-state index contributed by atoms with van der Waals surface area (Å²) in [6.07, 6.45) is 1.60. The minimum absolute atomic E-state index is 0.0500. The van der Waals surface area contributed by atoms with Crippen molar-refractivity contribution in [1.82, 2.24) is 0 Å². The lowest BCUT2D eigenvalue weighted by atomic mass is 9.79. The second-order valence-corrected chi connectivity index (χ2v) is 9.48. The molecule has 3 unspecified atom stereocenters. The molecule has 0 bridgehead atoms.